The molecule has 3 heteroatoms. The molecule has 3 aliphatic carbocycles. The largest absolute Gasteiger partial charge is 0.497 e. The Hall–Kier alpha value is -3.17. The number of hydrogen-bond donors (Lipinski definition) is 0. The van der Waals surface area contributed by atoms with E-state index in [0.717, 1.165) is 25.2 Å². The average molecular weight is 546 g/mol. The van der Waals surface area contributed by atoms with Crippen molar-refractivity contribution in [2.24, 2.45) is 16.3 Å². The van der Waals surface area contributed by atoms with Gasteiger partial charge in [-0.1, -0.05) is 69.2 Å². The maximum atomic E-state index is 6.70. The van der Waals surface area contributed by atoms with Crippen LogP contribution in [0.4, 0.5) is 0 Å². The molecule has 2 heterocycles. The van der Waals surface area contributed by atoms with Crippen LogP contribution >= 0.6 is 11.3 Å². The van der Waals surface area contributed by atoms with Crippen molar-refractivity contribution in [3.05, 3.63) is 93.2 Å². The third-order valence-corrected chi connectivity index (χ3v) is 10.5. The standard InChI is InChI=1S/C37H39NOS/c1-3-20-39-36-25(2)33-22-26(27-17-21-40-23-27)13-14-29(33)32-16-15-30-31(35(32)36)11-8-12-34(30)37(28-9-4-5-10-28)18-6-7-19-38-24-37/h6-7,11,13-19,21-25,28,34H,3-5,8-10,12,20H2,1-2H3. The first-order chi connectivity index (χ1) is 19.7. The van der Waals surface area contributed by atoms with Gasteiger partial charge in [-0.15, -0.1) is 0 Å². The van der Waals surface area contributed by atoms with Gasteiger partial charge in [-0.05, 0) is 112 Å². The van der Waals surface area contributed by atoms with Crippen LogP contribution in [0.25, 0.3) is 34.1 Å². The molecular weight excluding hydrogens is 506 g/mol. The Balaban J connectivity index is 1.43. The van der Waals surface area contributed by atoms with Crippen molar-refractivity contribution in [3.63, 3.8) is 0 Å². The van der Waals surface area contributed by atoms with E-state index in [-0.39, 0.29) is 11.3 Å². The van der Waals surface area contributed by atoms with E-state index < -0.39 is 0 Å². The Kier molecular flexibility index (Phi) is 6.87. The van der Waals surface area contributed by atoms with Gasteiger partial charge in [0.15, 0.2) is 0 Å². The van der Waals surface area contributed by atoms with Crippen LogP contribution in [-0.2, 0) is 4.74 Å². The zero-order valence-electron chi connectivity index (χ0n) is 23.7. The van der Waals surface area contributed by atoms with Crippen LogP contribution in [0.1, 0.15) is 81.8 Å². The van der Waals surface area contributed by atoms with Gasteiger partial charge in [0.2, 0.25) is 0 Å². The number of aliphatic imine (C=N–C) groups is 1. The van der Waals surface area contributed by atoms with Gasteiger partial charge in [0.05, 0.1) is 6.61 Å². The molecule has 1 aliphatic heterocycles. The van der Waals surface area contributed by atoms with Crippen LogP contribution < -0.4 is 10.4 Å². The maximum Gasteiger partial charge on any atom is 0.112 e. The number of allylic oxidation sites excluding steroid dienone is 3. The van der Waals surface area contributed by atoms with Crippen molar-refractivity contribution in [2.75, 3.05) is 6.61 Å². The Morgan fingerprint density at radius 2 is 1.85 bits per heavy atom. The molecule has 1 saturated carbocycles. The lowest BCUT2D eigenvalue weighted by molar-refractivity contribution is 0.255. The summed E-state index contributed by atoms with van der Waals surface area (Å²) in [5.74, 6) is 2.43. The molecule has 2 nitrogen and oxygen atoms in total. The molecule has 4 aliphatic rings. The monoisotopic (exact) mass is 545 g/mol. The molecule has 0 radical (unpaired) electrons. The van der Waals surface area contributed by atoms with Gasteiger partial charge < -0.3 is 4.74 Å². The first-order valence-electron chi connectivity index (χ1n) is 15.3. The van der Waals surface area contributed by atoms with Crippen molar-refractivity contribution in [1.29, 1.82) is 0 Å². The number of hydrogen-bond acceptors (Lipinski definition) is 3. The summed E-state index contributed by atoms with van der Waals surface area (Å²) in [6, 6.07) is 14.1. The fraction of sp³-hybridized carbons (Fsp3) is 0.378. The van der Waals surface area contributed by atoms with Crippen LogP contribution in [0.15, 0.2) is 76.6 Å². The molecule has 7 rings (SSSR count). The first-order valence-corrected chi connectivity index (χ1v) is 16.2. The van der Waals surface area contributed by atoms with Gasteiger partial charge in [-0.3, -0.25) is 4.99 Å². The quantitative estimate of drug-likeness (QED) is 0.303. The molecule has 0 amide bonds. The number of benzene rings is 2. The van der Waals surface area contributed by atoms with Crippen molar-refractivity contribution in [1.82, 2.24) is 0 Å². The molecule has 204 valence electrons. The molecule has 3 unspecified atom stereocenters. The van der Waals surface area contributed by atoms with E-state index >= 15 is 0 Å². The molecule has 1 aromatic heterocycles. The molecule has 0 spiro atoms. The molecule has 40 heavy (non-hydrogen) atoms. The molecule has 0 N–H and O–H groups in total. The van der Waals surface area contributed by atoms with E-state index in [0.29, 0.717) is 11.8 Å². The van der Waals surface area contributed by atoms with E-state index in [2.05, 4.69) is 91.5 Å². The minimum atomic E-state index is -0.0324. The second-order valence-corrected chi connectivity index (χ2v) is 12.8. The van der Waals surface area contributed by atoms with Gasteiger partial charge in [-0.25, -0.2) is 0 Å². The number of fused-ring (bicyclic) bond motifs is 5. The predicted molar refractivity (Wildman–Crippen MR) is 170 cm³/mol. The van der Waals surface area contributed by atoms with Crippen molar-refractivity contribution in [2.45, 2.75) is 70.6 Å². The third-order valence-electron chi connectivity index (χ3n) is 9.85. The zero-order chi connectivity index (χ0) is 27.1. The predicted octanol–water partition coefficient (Wildman–Crippen LogP) is 8.72. The van der Waals surface area contributed by atoms with Gasteiger partial charge in [0.1, 0.15) is 5.76 Å². The summed E-state index contributed by atoms with van der Waals surface area (Å²) < 4.78 is 6.70. The lowest BCUT2D eigenvalue weighted by Gasteiger charge is -2.42. The summed E-state index contributed by atoms with van der Waals surface area (Å²) >= 11 is 1.76. The summed E-state index contributed by atoms with van der Waals surface area (Å²) in [6.07, 6.45) is 22.2. The van der Waals surface area contributed by atoms with Gasteiger partial charge >= 0.3 is 0 Å². The SMILES string of the molecule is CCCOC1=c2c(ccc3c2=CCCC3C2(C3CCCC3)C=CC=CN=C2)-c2ccc(-c3ccsc3)cc2C1C. The smallest absolute Gasteiger partial charge is 0.112 e. The summed E-state index contributed by atoms with van der Waals surface area (Å²) in [5.41, 5.74) is 8.10. The van der Waals surface area contributed by atoms with Crippen LogP contribution in [-0.4, -0.2) is 12.8 Å². The molecule has 0 bridgehead atoms. The third kappa shape index (κ3) is 4.16. The number of ether oxygens (including phenoxy) is 1. The second-order valence-electron chi connectivity index (χ2n) is 12.0. The Morgan fingerprint density at radius 1 is 0.975 bits per heavy atom. The summed E-state index contributed by atoms with van der Waals surface area (Å²) in [6.45, 7) is 5.30. The van der Waals surface area contributed by atoms with Crippen LogP contribution in [0, 0.1) is 11.3 Å². The Bertz CT molecular complexity index is 1600. The normalized spacial score (nSPS) is 25.2. The van der Waals surface area contributed by atoms with E-state index in [9.17, 15) is 0 Å². The lowest BCUT2D eigenvalue weighted by Crippen LogP contribution is -2.44. The topological polar surface area (TPSA) is 21.6 Å². The minimum absolute atomic E-state index is 0.0324. The summed E-state index contributed by atoms with van der Waals surface area (Å²) in [5, 5.41) is 7.16. The highest BCUT2D eigenvalue weighted by Crippen LogP contribution is 2.51. The minimum Gasteiger partial charge on any atom is -0.497 e. The average Bonchev–Trinajstić information content (AvgIpc) is 3.69. The maximum absolute atomic E-state index is 6.70. The van der Waals surface area contributed by atoms with E-state index in [4.69, 9.17) is 9.73 Å². The van der Waals surface area contributed by atoms with Crippen molar-refractivity contribution >= 4 is 29.4 Å². The molecule has 0 saturated heterocycles. The van der Waals surface area contributed by atoms with E-state index in [1.165, 1.54) is 75.9 Å². The molecule has 1 fully saturated rings. The molecule has 2 aromatic carbocycles. The van der Waals surface area contributed by atoms with E-state index in [1.807, 2.05) is 6.20 Å². The number of thiophene rings is 1. The van der Waals surface area contributed by atoms with Crippen molar-refractivity contribution in [3.8, 4) is 22.3 Å². The highest BCUT2D eigenvalue weighted by molar-refractivity contribution is 7.08. The van der Waals surface area contributed by atoms with Crippen molar-refractivity contribution < 1.29 is 4.74 Å². The fourth-order valence-electron chi connectivity index (χ4n) is 7.95. The lowest BCUT2D eigenvalue weighted by atomic mass is 9.61. The fourth-order valence-corrected chi connectivity index (χ4v) is 8.62. The molecule has 3 aromatic rings. The number of nitrogens with zero attached hydrogens (tertiary/aromatic N) is 1. The van der Waals surface area contributed by atoms with Gasteiger partial charge in [-0.2, -0.15) is 11.3 Å². The first kappa shape index (κ1) is 25.8. The number of rotatable bonds is 6. The summed E-state index contributed by atoms with van der Waals surface area (Å²) in [4.78, 5) is 4.82. The zero-order valence-corrected chi connectivity index (χ0v) is 24.6. The Labute approximate surface area is 242 Å². The van der Waals surface area contributed by atoms with Crippen LogP contribution in [0.5, 0.6) is 0 Å². The van der Waals surface area contributed by atoms with Gasteiger partial charge in [0.25, 0.3) is 0 Å². The van der Waals surface area contributed by atoms with Crippen LogP contribution in [0.2, 0.25) is 0 Å². The van der Waals surface area contributed by atoms with Gasteiger partial charge in [0, 0.05) is 29.0 Å². The highest BCUT2D eigenvalue weighted by Gasteiger charge is 2.45. The van der Waals surface area contributed by atoms with Crippen LogP contribution in [0.3, 0.4) is 0 Å². The van der Waals surface area contributed by atoms with E-state index in [1.54, 1.807) is 11.3 Å². The molecule has 3 atom stereocenters. The summed E-state index contributed by atoms with van der Waals surface area (Å²) in [7, 11) is 0. The highest BCUT2D eigenvalue weighted by atomic mass is 32.1. The Morgan fingerprint density at radius 3 is 2.67 bits per heavy atom. The molecular formula is C37H39NOS. The second kappa shape index (κ2) is 10.7.